The van der Waals surface area contributed by atoms with Crippen LogP contribution in [0, 0.1) is 5.92 Å². The maximum Gasteiger partial charge on any atom is 0.356 e. The van der Waals surface area contributed by atoms with Gasteiger partial charge in [-0.25, -0.2) is 9.78 Å². The van der Waals surface area contributed by atoms with Gasteiger partial charge in [0.1, 0.15) is 5.69 Å². The highest BCUT2D eigenvalue weighted by Gasteiger charge is 2.17. The summed E-state index contributed by atoms with van der Waals surface area (Å²) in [6, 6.07) is 3.13. The van der Waals surface area contributed by atoms with Crippen molar-refractivity contribution in [2.24, 2.45) is 5.92 Å². The Morgan fingerprint density at radius 2 is 2.56 bits per heavy atom. The van der Waals surface area contributed by atoms with Gasteiger partial charge >= 0.3 is 5.97 Å². The summed E-state index contributed by atoms with van der Waals surface area (Å²) in [6.45, 7) is 2.36. The summed E-state index contributed by atoms with van der Waals surface area (Å²) in [5.74, 6) is 0.0116. The summed E-state index contributed by atoms with van der Waals surface area (Å²) in [5.41, 5.74) is 0.262. The first kappa shape index (κ1) is 11.4. The lowest BCUT2D eigenvalue weighted by Crippen LogP contribution is -2.17. The van der Waals surface area contributed by atoms with Crippen LogP contribution < -0.4 is 5.32 Å². The first-order valence-electron chi connectivity index (χ1n) is 5.25. The van der Waals surface area contributed by atoms with Crippen LogP contribution in [0.5, 0.6) is 0 Å². The normalized spacial score (nSPS) is 19.7. The SMILES string of the molecule is O=C(OC[C@@H]1CCNC1)c1cc(Cl)ccn1. The molecule has 1 saturated heterocycles. The summed E-state index contributed by atoms with van der Waals surface area (Å²) in [4.78, 5) is 15.5. The van der Waals surface area contributed by atoms with Crippen LogP contribution in [0.25, 0.3) is 0 Å². The summed E-state index contributed by atoms with van der Waals surface area (Å²) in [6.07, 6.45) is 2.55. The Balaban J connectivity index is 1.87. The molecule has 5 heteroatoms. The minimum absolute atomic E-state index is 0.262. The Hall–Kier alpha value is -1.13. The van der Waals surface area contributed by atoms with Crippen LogP contribution in [-0.4, -0.2) is 30.6 Å². The Kier molecular flexibility index (Phi) is 3.74. The van der Waals surface area contributed by atoms with E-state index < -0.39 is 5.97 Å². The van der Waals surface area contributed by atoms with Crippen LogP contribution in [0.4, 0.5) is 0 Å². The molecule has 1 aromatic rings. The Labute approximate surface area is 99.0 Å². The third kappa shape index (κ3) is 2.93. The minimum Gasteiger partial charge on any atom is -0.461 e. The zero-order chi connectivity index (χ0) is 11.4. The predicted molar refractivity (Wildman–Crippen MR) is 60.5 cm³/mol. The molecule has 0 aromatic carbocycles. The van der Waals surface area contributed by atoms with Crippen molar-refractivity contribution in [1.82, 2.24) is 10.3 Å². The molecule has 0 bridgehead atoms. The molecular weight excluding hydrogens is 228 g/mol. The van der Waals surface area contributed by atoms with Gasteiger partial charge in [0, 0.05) is 23.7 Å². The number of hydrogen-bond donors (Lipinski definition) is 1. The van der Waals surface area contributed by atoms with E-state index in [0.29, 0.717) is 17.5 Å². The van der Waals surface area contributed by atoms with Crippen LogP contribution in [0.1, 0.15) is 16.9 Å². The van der Waals surface area contributed by atoms with Crippen molar-refractivity contribution in [3.63, 3.8) is 0 Å². The minimum atomic E-state index is -0.408. The zero-order valence-corrected chi connectivity index (χ0v) is 9.54. The number of aromatic nitrogens is 1. The monoisotopic (exact) mass is 240 g/mol. The number of carbonyl (C=O) groups excluding carboxylic acids is 1. The Morgan fingerprint density at radius 3 is 3.25 bits per heavy atom. The summed E-state index contributed by atoms with van der Waals surface area (Å²) >= 11 is 5.76. The molecule has 0 radical (unpaired) electrons. The van der Waals surface area contributed by atoms with E-state index in [0.717, 1.165) is 19.5 Å². The molecule has 1 fully saturated rings. The average Bonchev–Trinajstić information content (AvgIpc) is 2.78. The maximum absolute atomic E-state index is 11.6. The van der Waals surface area contributed by atoms with Crippen molar-refractivity contribution in [2.45, 2.75) is 6.42 Å². The summed E-state index contributed by atoms with van der Waals surface area (Å²) < 4.78 is 5.17. The smallest absolute Gasteiger partial charge is 0.356 e. The molecule has 1 aliphatic heterocycles. The zero-order valence-electron chi connectivity index (χ0n) is 8.78. The standard InChI is InChI=1S/C11H13ClN2O2/c12-9-2-4-14-10(5-9)11(15)16-7-8-1-3-13-6-8/h2,4-5,8,13H,1,3,6-7H2/t8-/m1/s1. The number of halogens is 1. The van der Waals surface area contributed by atoms with E-state index in [2.05, 4.69) is 10.3 Å². The van der Waals surface area contributed by atoms with Gasteiger partial charge in [-0.05, 0) is 25.1 Å². The molecule has 0 aliphatic carbocycles. The highest BCUT2D eigenvalue weighted by molar-refractivity contribution is 6.30. The van der Waals surface area contributed by atoms with Crippen LogP contribution in [0.3, 0.4) is 0 Å². The molecule has 1 aromatic heterocycles. The second-order valence-corrected chi connectivity index (χ2v) is 4.25. The molecule has 0 saturated carbocycles. The van der Waals surface area contributed by atoms with E-state index in [-0.39, 0.29) is 5.69 Å². The van der Waals surface area contributed by atoms with Crippen molar-refractivity contribution in [2.75, 3.05) is 19.7 Å². The topological polar surface area (TPSA) is 51.2 Å². The van der Waals surface area contributed by atoms with Crippen LogP contribution in [-0.2, 0) is 4.74 Å². The molecule has 16 heavy (non-hydrogen) atoms. The van der Waals surface area contributed by atoms with Gasteiger partial charge in [-0.15, -0.1) is 0 Å². The lowest BCUT2D eigenvalue weighted by molar-refractivity contribution is 0.0443. The van der Waals surface area contributed by atoms with E-state index in [1.165, 1.54) is 12.3 Å². The molecule has 86 valence electrons. The van der Waals surface area contributed by atoms with Crippen molar-refractivity contribution in [3.05, 3.63) is 29.0 Å². The molecule has 0 amide bonds. The molecule has 1 aliphatic rings. The van der Waals surface area contributed by atoms with Crippen molar-refractivity contribution < 1.29 is 9.53 Å². The average molecular weight is 241 g/mol. The Morgan fingerprint density at radius 1 is 1.69 bits per heavy atom. The van der Waals surface area contributed by atoms with Crippen LogP contribution >= 0.6 is 11.6 Å². The van der Waals surface area contributed by atoms with Crippen LogP contribution in [0.15, 0.2) is 18.3 Å². The molecule has 4 nitrogen and oxygen atoms in total. The number of nitrogens with one attached hydrogen (secondary N) is 1. The van der Waals surface area contributed by atoms with E-state index in [4.69, 9.17) is 16.3 Å². The number of rotatable bonds is 3. The molecule has 1 N–H and O–H groups in total. The number of pyridine rings is 1. The first-order valence-corrected chi connectivity index (χ1v) is 5.63. The maximum atomic E-state index is 11.6. The summed E-state index contributed by atoms with van der Waals surface area (Å²) in [5, 5.41) is 3.71. The fraction of sp³-hybridized carbons (Fsp3) is 0.455. The predicted octanol–water partition coefficient (Wildman–Crippen LogP) is 1.50. The second-order valence-electron chi connectivity index (χ2n) is 3.82. The second kappa shape index (κ2) is 5.27. The number of carbonyl (C=O) groups is 1. The summed E-state index contributed by atoms with van der Waals surface area (Å²) in [7, 11) is 0. The largest absolute Gasteiger partial charge is 0.461 e. The number of hydrogen-bond acceptors (Lipinski definition) is 4. The van der Waals surface area contributed by atoms with Gasteiger partial charge in [0.25, 0.3) is 0 Å². The lowest BCUT2D eigenvalue weighted by Gasteiger charge is -2.08. The van der Waals surface area contributed by atoms with Crippen molar-refractivity contribution in [1.29, 1.82) is 0 Å². The number of nitrogens with zero attached hydrogens (tertiary/aromatic N) is 1. The van der Waals surface area contributed by atoms with Gasteiger partial charge < -0.3 is 10.1 Å². The molecule has 1 atom stereocenters. The molecule has 2 heterocycles. The lowest BCUT2D eigenvalue weighted by atomic mass is 10.1. The van der Waals surface area contributed by atoms with E-state index >= 15 is 0 Å². The third-order valence-corrected chi connectivity index (χ3v) is 2.78. The van der Waals surface area contributed by atoms with Gasteiger partial charge in [-0.1, -0.05) is 11.6 Å². The fourth-order valence-corrected chi connectivity index (χ4v) is 1.80. The fourth-order valence-electron chi connectivity index (χ4n) is 1.64. The number of esters is 1. The molecule has 0 spiro atoms. The van der Waals surface area contributed by atoms with Gasteiger partial charge in [-0.2, -0.15) is 0 Å². The molecular formula is C11H13ClN2O2. The number of ether oxygens (including phenoxy) is 1. The van der Waals surface area contributed by atoms with Crippen molar-refractivity contribution in [3.8, 4) is 0 Å². The van der Waals surface area contributed by atoms with E-state index in [1.807, 2.05) is 0 Å². The van der Waals surface area contributed by atoms with Crippen molar-refractivity contribution >= 4 is 17.6 Å². The quantitative estimate of drug-likeness (QED) is 0.814. The van der Waals surface area contributed by atoms with Gasteiger partial charge in [0.05, 0.1) is 6.61 Å². The van der Waals surface area contributed by atoms with Gasteiger partial charge in [0.15, 0.2) is 0 Å². The highest BCUT2D eigenvalue weighted by Crippen LogP contribution is 2.11. The first-order chi connectivity index (χ1) is 7.75. The third-order valence-electron chi connectivity index (χ3n) is 2.54. The van der Waals surface area contributed by atoms with E-state index in [9.17, 15) is 4.79 Å². The highest BCUT2D eigenvalue weighted by atomic mass is 35.5. The van der Waals surface area contributed by atoms with Crippen LogP contribution in [0.2, 0.25) is 5.02 Å². The van der Waals surface area contributed by atoms with Gasteiger partial charge in [0.2, 0.25) is 0 Å². The Bertz CT molecular complexity index is 378. The molecule has 2 rings (SSSR count). The molecule has 0 unspecified atom stereocenters. The van der Waals surface area contributed by atoms with Gasteiger partial charge in [-0.3, -0.25) is 0 Å². The van der Waals surface area contributed by atoms with E-state index in [1.54, 1.807) is 6.07 Å².